The van der Waals surface area contributed by atoms with Crippen molar-refractivity contribution < 1.29 is 27.3 Å². The molecule has 15 heteroatoms. The van der Waals surface area contributed by atoms with Crippen molar-refractivity contribution in [3.05, 3.63) is 59.5 Å². The Morgan fingerprint density at radius 3 is 2.65 bits per heavy atom. The second-order valence-corrected chi connectivity index (χ2v) is 10.7. The molecule has 4 aromatic rings. The summed E-state index contributed by atoms with van der Waals surface area (Å²) in [7, 11) is -2.83. The van der Waals surface area contributed by atoms with Crippen LogP contribution in [0.4, 0.5) is 21.4 Å². The van der Waals surface area contributed by atoms with Crippen molar-refractivity contribution in [2.75, 3.05) is 29.4 Å². The number of aromatic nitrogens is 2. The molecule has 6 N–H and O–H groups in total. The summed E-state index contributed by atoms with van der Waals surface area (Å²) in [6.07, 6.45) is 0. The maximum absolute atomic E-state index is 12.6. The van der Waals surface area contributed by atoms with Crippen molar-refractivity contribution in [3.63, 3.8) is 0 Å². The van der Waals surface area contributed by atoms with Crippen LogP contribution in [-0.4, -0.2) is 47.9 Å². The number of methoxy groups -OCH3 is 1. The van der Waals surface area contributed by atoms with E-state index in [-0.39, 0.29) is 16.9 Å². The molecule has 2 heterocycles. The van der Waals surface area contributed by atoms with Gasteiger partial charge in [-0.1, -0.05) is 29.5 Å². The Labute approximate surface area is 219 Å². The van der Waals surface area contributed by atoms with Crippen molar-refractivity contribution in [3.8, 4) is 26.9 Å². The standard InChI is InChI=1S/C22H20N6O6S3/c1-34-15-7-3-5-13(9-15)19(29)25-14-6-2-4-12(8-14)16-10-35-20(26-16)17-18(23)27-22(36-17)28-21(30)24-11-37(31,32)33/h2-10H,11,23H2,1H3,(H,25,29)(H,31,32,33)(H2,24,27,28,30). The maximum Gasteiger partial charge on any atom is 0.321 e. The lowest BCUT2D eigenvalue weighted by Crippen LogP contribution is -2.33. The Morgan fingerprint density at radius 2 is 1.89 bits per heavy atom. The number of hydrogen-bond donors (Lipinski definition) is 5. The summed E-state index contributed by atoms with van der Waals surface area (Å²) < 4.78 is 35.4. The zero-order chi connectivity index (χ0) is 26.6. The van der Waals surface area contributed by atoms with Gasteiger partial charge in [-0.15, -0.1) is 11.3 Å². The zero-order valence-corrected chi connectivity index (χ0v) is 21.5. The molecule has 3 amide bonds. The number of carbonyl (C=O) groups excluding carboxylic acids is 2. The van der Waals surface area contributed by atoms with Crippen molar-refractivity contribution in [1.82, 2.24) is 15.3 Å². The third-order valence-corrected chi connectivity index (χ3v) is 7.23. The van der Waals surface area contributed by atoms with Gasteiger partial charge >= 0.3 is 6.03 Å². The topological polar surface area (TPSA) is 186 Å². The SMILES string of the molecule is COc1cccc(C(=O)Nc2cccc(-c3csc(-c4sc(NC(=O)NCS(=O)(=O)O)nc4N)n3)c2)c1. The molecule has 0 atom stereocenters. The Kier molecular flexibility index (Phi) is 7.68. The van der Waals surface area contributed by atoms with E-state index in [1.165, 1.54) is 18.4 Å². The first-order chi connectivity index (χ1) is 17.6. The number of carbonyl (C=O) groups is 2. The third-order valence-electron chi connectivity index (χ3n) is 4.74. The number of nitrogens with two attached hydrogens (primary N) is 1. The molecule has 0 bridgehead atoms. The average Bonchev–Trinajstić information content (AvgIpc) is 3.49. The monoisotopic (exact) mass is 560 g/mol. The first kappa shape index (κ1) is 26.0. The van der Waals surface area contributed by atoms with Crippen molar-refractivity contribution in [2.24, 2.45) is 0 Å². The number of amides is 3. The maximum atomic E-state index is 12.6. The lowest BCUT2D eigenvalue weighted by atomic mass is 10.1. The summed E-state index contributed by atoms with van der Waals surface area (Å²) in [6, 6.07) is 13.2. The second-order valence-electron chi connectivity index (χ2n) is 7.40. The molecule has 12 nitrogen and oxygen atoms in total. The largest absolute Gasteiger partial charge is 0.497 e. The minimum atomic E-state index is -4.36. The van der Waals surface area contributed by atoms with E-state index in [0.29, 0.717) is 32.6 Å². The highest BCUT2D eigenvalue weighted by Crippen LogP contribution is 2.38. The fourth-order valence-electron chi connectivity index (χ4n) is 3.07. The number of ether oxygens (including phenoxy) is 1. The van der Waals surface area contributed by atoms with Gasteiger partial charge in [0, 0.05) is 22.2 Å². The molecule has 0 fully saturated rings. The first-order valence-electron chi connectivity index (χ1n) is 10.4. The van der Waals surface area contributed by atoms with Crippen LogP contribution in [0, 0.1) is 0 Å². The molecule has 0 aliphatic heterocycles. The van der Waals surface area contributed by atoms with E-state index in [4.69, 9.17) is 15.0 Å². The van der Waals surface area contributed by atoms with E-state index in [2.05, 4.69) is 20.6 Å². The molecule has 0 saturated heterocycles. The normalized spacial score (nSPS) is 11.1. The van der Waals surface area contributed by atoms with Gasteiger partial charge in [-0.25, -0.2) is 14.8 Å². The number of nitrogen functional groups attached to an aromatic ring is 1. The van der Waals surface area contributed by atoms with Crippen LogP contribution in [-0.2, 0) is 10.1 Å². The van der Waals surface area contributed by atoms with E-state index in [1.807, 2.05) is 16.8 Å². The third kappa shape index (κ3) is 6.79. The zero-order valence-electron chi connectivity index (χ0n) is 19.1. The number of urea groups is 1. The van der Waals surface area contributed by atoms with Gasteiger partial charge in [0.15, 0.2) is 5.13 Å². The smallest absolute Gasteiger partial charge is 0.321 e. The summed E-state index contributed by atoms with van der Waals surface area (Å²) in [5.74, 6) is -0.513. The fourth-order valence-corrected chi connectivity index (χ4v) is 5.19. The number of nitrogens with zero attached hydrogens (tertiary/aromatic N) is 2. The molecule has 2 aromatic carbocycles. The summed E-state index contributed by atoms with van der Waals surface area (Å²) in [4.78, 5) is 33.7. The molecule has 0 aliphatic carbocycles. The van der Waals surface area contributed by atoms with Crippen molar-refractivity contribution in [2.45, 2.75) is 0 Å². The van der Waals surface area contributed by atoms with E-state index in [1.54, 1.807) is 42.5 Å². The molecule has 2 aromatic heterocycles. The number of nitrogens with one attached hydrogen (secondary N) is 3. The average molecular weight is 561 g/mol. The van der Waals surface area contributed by atoms with Crippen LogP contribution in [0.5, 0.6) is 5.75 Å². The first-order valence-corrected chi connectivity index (χ1v) is 13.7. The van der Waals surface area contributed by atoms with E-state index >= 15 is 0 Å². The van der Waals surface area contributed by atoms with Crippen LogP contribution in [0.2, 0.25) is 0 Å². The molecule has 0 saturated carbocycles. The van der Waals surface area contributed by atoms with Gasteiger partial charge in [-0.05, 0) is 30.3 Å². The van der Waals surface area contributed by atoms with Gasteiger partial charge < -0.3 is 21.1 Å². The molecule has 4 rings (SSSR count). The van der Waals surface area contributed by atoms with Gasteiger partial charge in [0.05, 0.1) is 12.8 Å². The quantitative estimate of drug-likeness (QED) is 0.200. The van der Waals surface area contributed by atoms with Gasteiger partial charge in [0.25, 0.3) is 16.0 Å². The van der Waals surface area contributed by atoms with Gasteiger partial charge in [0.1, 0.15) is 27.3 Å². The van der Waals surface area contributed by atoms with Crippen LogP contribution < -0.4 is 26.4 Å². The van der Waals surface area contributed by atoms with E-state index < -0.39 is 22.0 Å². The van der Waals surface area contributed by atoms with Crippen LogP contribution in [0.1, 0.15) is 10.4 Å². The highest BCUT2D eigenvalue weighted by Gasteiger charge is 2.17. The Balaban J connectivity index is 1.47. The second kappa shape index (κ2) is 10.9. The molecule has 0 spiro atoms. The summed E-state index contributed by atoms with van der Waals surface area (Å²) in [5, 5.41) is 9.72. The van der Waals surface area contributed by atoms with Gasteiger partial charge in [0.2, 0.25) is 0 Å². The number of thiazole rings is 2. The minimum absolute atomic E-state index is 0.124. The summed E-state index contributed by atoms with van der Waals surface area (Å²) in [5.41, 5.74) is 8.44. The number of benzene rings is 2. The van der Waals surface area contributed by atoms with Gasteiger partial charge in [-0.3, -0.25) is 14.7 Å². The highest BCUT2D eigenvalue weighted by atomic mass is 32.2. The number of anilines is 3. The van der Waals surface area contributed by atoms with Gasteiger partial charge in [-0.2, -0.15) is 8.42 Å². The predicted molar refractivity (Wildman–Crippen MR) is 143 cm³/mol. The van der Waals surface area contributed by atoms with Crippen LogP contribution in [0.3, 0.4) is 0 Å². The van der Waals surface area contributed by atoms with E-state index in [0.717, 1.165) is 16.9 Å². The predicted octanol–water partition coefficient (Wildman–Crippen LogP) is 3.74. The molecule has 0 radical (unpaired) electrons. The number of hydrogen-bond acceptors (Lipinski definition) is 10. The van der Waals surface area contributed by atoms with Crippen LogP contribution in [0.15, 0.2) is 53.9 Å². The van der Waals surface area contributed by atoms with Crippen LogP contribution >= 0.6 is 22.7 Å². The Bertz CT molecular complexity index is 1570. The molecule has 0 unspecified atom stereocenters. The van der Waals surface area contributed by atoms with E-state index in [9.17, 15) is 18.0 Å². The lowest BCUT2D eigenvalue weighted by molar-refractivity contribution is 0.102. The molecular weight excluding hydrogens is 540 g/mol. The minimum Gasteiger partial charge on any atom is -0.497 e. The van der Waals surface area contributed by atoms with Crippen molar-refractivity contribution in [1.29, 1.82) is 0 Å². The fraction of sp³-hybridized carbons (Fsp3) is 0.0909. The molecule has 0 aliphatic rings. The Hall–Kier alpha value is -4.05. The molecular formula is C22H20N6O6S3. The molecule has 192 valence electrons. The lowest BCUT2D eigenvalue weighted by Gasteiger charge is -2.08. The van der Waals surface area contributed by atoms with Crippen molar-refractivity contribution >= 4 is 61.4 Å². The number of rotatable bonds is 8. The Morgan fingerprint density at radius 1 is 1.11 bits per heavy atom. The summed E-state index contributed by atoms with van der Waals surface area (Å²) in [6.45, 7) is 0. The highest BCUT2D eigenvalue weighted by molar-refractivity contribution is 7.85. The molecule has 37 heavy (non-hydrogen) atoms. The summed E-state index contributed by atoms with van der Waals surface area (Å²) >= 11 is 2.37. The van der Waals surface area contributed by atoms with Crippen LogP contribution in [0.25, 0.3) is 21.1 Å².